The summed E-state index contributed by atoms with van der Waals surface area (Å²) in [4.78, 5) is 53.1. The maximum atomic E-state index is 12.5. The number of aromatic amines is 1. The maximum absolute atomic E-state index is 12.5. The van der Waals surface area contributed by atoms with Crippen molar-refractivity contribution in [3.8, 4) is 0 Å². The number of carbonyl (C=O) groups excluding carboxylic acids is 2. The fraction of sp³-hybridized carbons (Fsp3) is 0.273. The first kappa shape index (κ1) is 36.2. The molecular formula is C33H35IN4O9S. The van der Waals surface area contributed by atoms with Crippen LogP contribution < -0.4 is 16.2 Å². The number of aromatic nitrogens is 1. The number of amides is 2. The second-order valence-corrected chi connectivity index (χ2v) is 16.7. The van der Waals surface area contributed by atoms with E-state index in [0.717, 1.165) is 10.9 Å². The van der Waals surface area contributed by atoms with E-state index in [2.05, 4.69) is 15.6 Å². The average Bonchev–Trinajstić information content (AvgIpc) is 2.99. The summed E-state index contributed by atoms with van der Waals surface area (Å²) in [6.07, 6.45) is 0.476. The zero-order valence-corrected chi connectivity index (χ0v) is 29.5. The standard InChI is InChI=1S/C33H35IN4O9S/c1-33(2,3)47-32(43)38(4)19-23-17-24(11-12-27(23)48(34,44)45)37-31(42)46-16-14-20-5-7-22(8-6-20)28(30(40)41)36-25-10-9-21-13-15-35-29(39)26(21)18-25/h5-13,15,17-18,28,36H,14,16,19H2,1-4H3,(H,35,39)(H,37,42)(H,40,41). The minimum absolute atomic E-state index is 0.00581. The summed E-state index contributed by atoms with van der Waals surface area (Å²) in [6.45, 7) is 5.07. The van der Waals surface area contributed by atoms with Crippen LogP contribution in [0.2, 0.25) is 0 Å². The van der Waals surface area contributed by atoms with Crippen LogP contribution in [0.5, 0.6) is 0 Å². The monoisotopic (exact) mass is 790 g/mol. The van der Waals surface area contributed by atoms with Crippen molar-refractivity contribution in [1.29, 1.82) is 0 Å². The zero-order chi connectivity index (χ0) is 35.2. The van der Waals surface area contributed by atoms with Gasteiger partial charge in [-0.15, -0.1) is 0 Å². The van der Waals surface area contributed by atoms with Crippen molar-refractivity contribution in [1.82, 2.24) is 9.88 Å². The van der Waals surface area contributed by atoms with Crippen LogP contribution in [0.1, 0.15) is 43.5 Å². The lowest BCUT2D eigenvalue weighted by molar-refractivity contribution is -0.138. The van der Waals surface area contributed by atoms with Gasteiger partial charge in [0.2, 0.25) is 7.01 Å². The Bertz CT molecular complexity index is 1990. The SMILES string of the molecule is CN(Cc1cc(NC(=O)OCCc2ccc(C(Nc3ccc4cc[nH]c(=O)c4c3)C(=O)O)cc2)ccc1S(=O)(=O)I)C(=O)OC(C)(C)C. The van der Waals surface area contributed by atoms with Crippen molar-refractivity contribution >= 4 is 68.5 Å². The van der Waals surface area contributed by atoms with Gasteiger partial charge in [0, 0.05) is 36.4 Å². The first-order chi connectivity index (χ1) is 22.5. The molecule has 0 fully saturated rings. The van der Waals surface area contributed by atoms with Crippen LogP contribution in [0.4, 0.5) is 21.0 Å². The number of nitrogens with one attached hydrogen (secondary N) is 3. The number of fused-ring (bicyclic) bond motifs is 1. The minimum atomic E-state index is -3.67. The predicted octanol–water partition coefficient (Wildman–Crippen LogP) is 6.05. The Balaban J connectivity index is 1.35. The number of nitrogens with zero attached hydrogens (tertiary/aromatic N) is 1. The number of carbonyl (C=O) groups is 3. The Morgan fingerprint density at radius 3 is 2.33 bits per heavy atom. The molecule has 4 rings (SSSR count). The van der Waals surface area contributed by atoms with Crippen LogP contribution in [-0.2, 0) is 34.2 Å². The number of carboxylic acids is 1. The third kappa shape index (κ3) is 9.93. The maximum Gasteiger partial charge on any atom is 0.411 e. The van der Waals surface area contributed by atoms with Crippen molar-refractivity contribution in [2.45, 2.75) is 50.3 Å². The first-order valence-electron chi connectivity index (χ1n) is 14.7. The van der Waals surface area contributed by atoms with Crippen LogP contribution in [0, 0.1) is 0 Å². The van der Waals surface area contributed by atoms with E-state index in [1.54, 1.807) is 75.5 Å². The van der Waals surface area contributed by atoms with Crippen molar-refractivity contribution in [2.75, 3.05) is 24.3 Å². The first-order valence-corrected chi connectivity index (χ1v) is 18.7. The van der Waals surface area contributed by atoms with Crippen LogP contribution in [0.3, 0.4) is 0 Å². The number of halogens is 1. The lowest BCUT2D eigenvalue weighted by Crippen LogP contribution is -2.34. The number of anilines is 2. The highest BCUT2D eigenvalue weighted by Crippen LogP contribution is 2.27. The summed E-state index contributed by atoms with van der Waals surface area (Å²) in [5.41, 5.74) is 1.28. The highest BCUT2D eigenvalue weighted by Gasteiger charge is 2.23. The fourth-order valence-electron chi connectivity index (χ4n) is 4.70. The molecule has 1 atom stereocenters. The van der Waals surface area contributed by atoms with Crippen molar-refractivity contribution in [2.24, 2.45) is 0 Å². The number of ether oxygens (including phenoxy) is 2. The smallest absolute Gasteiger partial charge is 0.411 e. The molecule has 0 spiro atoms. The van der Waals surface area contributed by atoms with Gasteiger partial charge in [0.05, 0.1) is 39.3 Å². The molecule has 13 nitrogen and oxygen atoms in total. The molecule has 3 aromatic carbocycles. The number of aliphatic carboxylic acids is 1. The molecule has 0 bridgehead atoms. The van der Waals surface area contributed by atoms with Crippen LogP contribution in [-0.4, -0.2) is 60.8 Å². The van der Waals surface area contributed by atoms with Crippen molar-refractivity contribution in [3.05, 3.63) is 100.0 Å². The zero-order valence-electron chi connectivity index (χ0n) is 26.6. The number of benzene rings is 3. The molecular weight excluding hydrogens is 755 g/mol. The van der Waals surface area contributed by atoms with Crippen LogP contribution in [0.15, 0.2) is 82.6 Å². The van der Waals surface area contributed by atoms with E-state index in [1.807, 2.05) is 0 Å². The van der Waals surface area contributed by atoms with E-state index >= 15 is 0 Å². The molecule has 1 aromatic heterocycles. The molecule has 0 radical (unpaired) electrons. The fourth-order valence-corrected chi connectivity index (χ4v) is 6.65. The molecule has 15 heteroatoms. The summed E-state index contributed by atoms with van der Waals surface area (Å²) < 4.78 is 35.4. The number of carboxylic acid groups (broad SMARTS) is 1. The number of hydrogen-bond donors (Lipinski definition) is 4. The Kier molecular flexibility index (Phi) is 11.4. The third-order valence-corrected chi connectivity index (χ3v) is 9.30. The molecule has 4 aromatic rings. The molecule has 254 valence electrons. The van der Waals surface area contributed by atoms with E-state index in [9.17, 15) is 32.7 Å². The highest BCUT2D eigenvalue weighted by atomic mass is 127. The Morgan fingerprint density at radius 1 is 1.00 bits per heavy atom. The van der Waals surface area contributed by atoms with Gasteiger partial charge in [-0.05, 0) is 79.2 Å². The van der Waals surface area contributed by atoms with Gasteiger partial charge in [-0.2, -0.15) is 0 Å². The van der Waals surface area contributed by atoms with Crippen LogP contribution >= 0.6 is 21.2 Å². The van der Waals surface area contributed by atoms with Gasteiger partial charge >= 0.3 is 18.2 Å². The van der Waals surface area contributed by atoms with E-state index in [0.29, 0.717) is 23.1 Å². The normalized spacial score (nSPS) is 12.2. The topological polar surface area (TPSA) is 184 Å². The van der Waals surface area contributed by atoms with Crippen LogP contribution in [0.25, 0.3) is 10.8 Å². The summed E-state index contributed by atoms with van der Waals surface area (Å²) in [7, 11) is -2.19. The van der Waals surface area contributed by atoms with Gasteiger partial charge in [-0.25, -0.2) is 22.8 Å². The van der Waals surface area contributed by atoms with Crippen molar-refractivity contribution < 1.29 is 37.4 Å². The van der Waals surface area contributed by atoms with Gasteiger partial charge in [-0.3, -0.25) is 10.1 Å². The summed E-state index contributed by atoms with van der Waals surface area (Å²) in [5.74, 6) is -1.10. The molecule has 48 heavy (non-hydrogen) atoms. The Hall–Kier alpha value is -4.64. The number of rotatable bonds is 11. The molecule has 4 N–H and O–H groups in total. The molecule has 2 amide bonds. The second-order valence-electron chi connectivity index (χ2n) is 11.9. The second kappa shape index (κ2) is 15.1. The molecule has 0 saturated carbocycles. The van der Waals surface area contributed by atoms with E-state index in [1.165, 1.54) is 51.4 Å². The van der Waals surface area contributed by atoms with Gasteiger partial charge in [0.15, 0.2) is 6.04 Å². The molecule has 0 aliphatic heterocycles. The molecule has 0 aliphatic carbocycles. The lowest BCUT2D eigenvalue weighted by Gasteiger charge is -2.25. The average molecular weight is 791 g/mol. The van der Waals surface area contributed by atoms with Gasteiger partial charge in [-0.1, -0.05) is 30.3 Å². The van der Waals surface area contributed by atoms with Gasteiger partial charge < -0.3 is 29.8 Å². The van der Waals surface area contributed by atoms with E-state index < -0.39 is 36.8 Å². The molecule has 0 aliphatic rings. The predicted molar refractivity (Wildman–Crippen MR) is 189 cm³/mol. The highest BCUT2D eigenvalue weighted by molar-refractivity contribution is 14.2. The largest absolute Gasteiger partial charge is 0.479 e. The minimum Gasteiger partial charge on any atom is -0.479 e. The van der Waals surface area contributed by atoms with Crippen molar-refractivity contribution in [3.63, 3.8) is 0 Å². The van der Waals surface area contributed by atoms with Gasteiger partial charge in [0.25, 0.3) is 5.56 Å². The Labute approximate surface area is 289 Å². The van der Waals surface area contributed by atoms with E-state index in [-0.39, 0.29) is 34.9 Å². The molecule has 0 saturated heterocycles. The summed E-state index contributed by atoms with van der Waals surface area (Å²) in [5, 5.41) is 16.6. The summed E-state index contributed by atoms with van der Waals surface area (Å²) in [6, 6.07) is 16.7. The van der Waals surface area contributed by atoms with E-state index in [4.69, 9.17) is 9.47 Å². The summed E-state index contributed by atoms with van der Waals surface area (Å²) >= 11 is 1.31. The number of pyridine rings is 1. The number of H-pyrrole nitrogens is 1. The lowest BCUT2D eigenvalue weighted by atomic mass is 10.0. The quantitative estimate of drug-likeness (QED) is 0.103. The van der Waals surface area contributed by atoms with Gasteiger partial charge in [0.1, 0.15) is 5.60 Å². The molecule has 1 unspecified atom stereocenters. The molecule has 1 heterocycles. The Morgan fingerprint density at radius 2 is 1.69 bits per heavy atom. The third-order valence-electron chi connectivity index (χ3n) is 6.95. The number of hydrogen-bond acceptors (Lipinski definition) is 9.